The van der Waals surface area contributed by atoms with Gasteiger partial charge in [-0.3, -0.25) is 19.2 Å². The molecule has 3 rings (SSSR count). The van der Waals surface area contributed by atoms with Gasteiger partial charge in [0.2, 0.25) is 23.6 Å². The molecule has 2 aromatic carbocycles. The van der Waals surface area contributed by atoms with E-state index in [0.29, 0.717) is 0 Å². The Labute approximate surface area is 268 Å². The van der Waals surface area contributed by atoms with Crippen LogP contribution in [0.15, 0.2) is 48.5 Å². The van der Waals surface area contributed by atoms with Crippen LogP contribution in [0.4, 0.5) is 4.79 Å². The number of carbonyl (C=O) groups is 6. The van der Waals surface area contributed by atoms with Crippen LogP contribution in [-0.4, -0.2) is 72.1 Å². The van der Waals surface area contributed by atoms with Crippen molar-refractivity contribution >= 4 is 35.7 Å². The molecule has 0 saturated heterocycles. The summed E-state index contributed by atoms with van der Waals surface area (Å²) in [7, 11) is 0. The Morgan fingerprint density at radius 3 is 1.93 bits per heavy atom. The second-order valence-electron chi connectivity index (χ2n) is 12.1. The van der Waals surface area contributed by atoms with E-state index in [-0.39, 0.29) is 43.6 Å². The van der Waals surface area contributed by atoms with E-state index in [1.54, 1.807) is 27.7 Å². The first-order valence-corrected chi connectivity index (χ1v) is 15.3. The zero-order valence-corrected chi connectivity index (χ0v) is 26.5. The fourth-order valence-corrected chi connectivity index (χ4v) is 5.35. The van der Waals surface area contributed by atoms with E-state index >= 15 is 0 Å². The van der Waals surface area contributed by atoms with Crippen LogP contribution < -0.4 is 27.0 Å². The molecule has 2 aromatic rings. The lowest BCUT2D eigenvalue weighted by Gasteiger charge is -2.23. The Hall–Kier alpha value is -4.94. The average Bonchev–Trinajstić information content (AvgIpc) is 3.32. The quantitative estimate of drug-likeness (QED) is 0.160. The third kappa shape index (κ3) is 9.78. The van der Waals surface area contributed by atoms with Crippen molar-refractivity contribution in [1.82, 2.24) is 21.3 Å². The maximum atomic E-state index is 13.0. The van der Waals surface area contributed by atoms with Gasteiger partial charge in [-0.25, -0.2) is 9.59 Å². The smallest absolute Gasteiger partial charge is 0.407 e. The monoisotopic (exact) mass is 637 g/mol. The van der Waals surface area contributed by atoms with Crippen LogP contribution in [0.25, 0.3) is 11.1 Å². The first-order chi connectivity index (χ1) is 21.8. The van der Waals surface area contributed by atoms with E-state index in [2.05, 4.69) is 21.3 Å². The highest BCUT2D eigenvalue weighted by Gasteiger charge is 2.31. The third-order valence-electron chi connectivity index (χ3n) is 7.64. The number of alkyl carbamates (subject to hydrolysis) is 1. The van der Waals surface area contributed by atoms with Gasteiger partial charge in [0.05, 0.1) is 6.54 Å². The third-order valence-corrected chi connectivity index (χ3v) is 7.64. The molecule has 3 atom stereocenters. The van der Waals surface area contributed by atoms with E-state index < -0.39 is 60.4 Å². The maximum absolute atomic E-state index is 13.0. The lowest BCUT2D eigenvalue weighted by atomic mass is 9.98. The Kier molecular flexibility index (Phi) is 12.7. The van der Waals surface area contributed by atoms with E-state index in [0.717, 1.165) is 22.3 Å². The summed E-state index contributed by atoms with van der Waals surface area (Å²) in [6.45, 7) is 6.53. The molecule has 248 valence electrons. The highest BCUT2D eigenvalue weighted by molar-refractivity contribution is 5.93. The van der Waals surface area contributed by atoms with Crippen molar-refractivity contribution in [3.8, 4) is 11.1 Å². The van der Waals surface area contributed by atoms with Crippen molar-refractivity contribution in [2.75, 3.05) is 13.2 Å². The fraction of sp³-hybridized carbons (Fsp3) is 0.455. The van der Waals surface area contributed by atoms with Crippen molar-refractivity contribution in [3.63, 3.8) is 0 Å². The molecule has 7 N–H and O–H groups in total. The van der Waals surface area contributed by atoms with Crippen molar-refractivity contribution in [2.24, 2.45) is 17.6 Å². The Balaban J connectivity index is 1.56. The summed E-state index contributed by atoms with van der Waals surface area (Å²) in [4.78, 5) is 74.3. The number of fused-ring (bicyclic) bond motifs is 3. The molecule has 0 aromatic heterocycles. The van der Waals surface area contributed by atoms with E-state index in [4.69, 9.17) is 10.5 Å². The normalized spacial score (nSPS) is 14.0. The predicted molar refractivity (Wildman–Crippen MR) is 169 cm³/mol. The zero-order chi connectivity index (χ0) is 34.0. The number of aliphatic carboxylic acids is 1. The second kappa shape index (κ2) is 16.4. The summed E-state index contributed by atoms with van der Waals surface area (Å²) >= 11 is 0. The molecule has 13 heteroatoms. The first kappa shape index (κ1) is 35.5. The van der Waals surface area contributed by atoms with Gasteiger partial charge in [-0.15, -0.1) is 0 Å². The van der Waals surface area contributed by atoms with Gasteiger partial charge in [-0.2, -0.15) is 0 Å². The zero-order valence-electron chi connectivity index (χ0n) is 26.5. The number of carboxylic acids is 1. The van der Waals surface area contributed by atoms with Gasteiger partial charge in [0, 0.05) is 12.3 Å². The number of amides is 5. The number of hydrogen-bond acceptors (Lipinski definition) is 7. The fourth-order valence-electron chi connectivity index (χ4n) is 5.35. The van der Waals surface area contributed by atoms with Crippen LogP contribution >= 0.6 is 0 Å². The first-order valence-electron chi connectivity index (χ1n) is 15.3. The number of nitrogens with one attached hydrogen (secondary N) is 4. The predicted octanol–water partition coefficient (Wildman–Crippen LogP) is 2.03. The second-order valence-corrected chi connectivity index (χ2v) is 12.1. The molecule has 1 aliphatic carbocycles. The Bertz CT molecular complexity index is 1400. The van der Waals surface area contributed by atoms with Crippen LogP contribution in [0.3, 0.4) is 0 Å². The van der Waals surface area contributed by atoms with Crippen molar-refractivity contribution in [1.29, 1.82) is 0 Å². The highest BCUT2D eigenvalue weighted by Crippen LogP contribution is 2.44. The average molecular weight is 638 g/mol. The molecule has 13 nitrogen and oxygen atoms in total. The number of ether oxygens (including phenoxy) is 1. The summed E-state index contributed by atoms with van der Waals surface area (Å²) in [6, 6.07) is 12.3. The van der Waals surface area contributed by atoms with Gasteiger partial charge < -0.3 is 36.8 Å². The van der Waals surface area contributed by atoms with Crippen LogP contribution in [0.5, 0.6) is 0 Å². The summed E-state index contributed by atoms with van der Waals surface area (Å²) < 4.78 is 5.56. The number of rotatable bonds is 16. The van der Waals surface area contributed by atoms with Gasteiger partial charge in [-0.05, 0) is 46.9 Å². The lowest BCUT2D eigenvalue weighted by molar-refractivity contribution is -0.142. The SMILES string of the molecule is CC(C)C[C@@H](NC(=O)[C@H](CCC(N)=O)NC(=O)CNC(=O)[C@@H](NC(=O)OCC1c2ccccc2-c2ccccc21)C(C)C)C(=O)O. The molecule has 0 spiro atoms. The van der Waals surface area contributed by atoms with E-state index in [1.807, 2.05) is 48.5 Å². The molecular weight excluding hydrogens is 594 g/mol. The van der Waals surface area contributed by atoms with Crippen molar-refractivity contribution in [2.45, 2.75) is 71.0 Å². The Morgan fingerprint density at radius 2 is 1.41 bits per heavy atom. The minimum Gasteiger partial charge on any atom is -0.480 e. The number of primary amides is 1. The largest absolute Gasteiger partial charge is 0.480 e. The minimum absolute atomic E-state index is 0.0359. The molecule has 0 heterocycles. The van der Waals surface area contributed by atoms with Crippen molar-refractivity contribution in [3.05, 3.63) is 59.7 Å². The lowest BCUT2D eigenvalue weighted by Crippen LogP contribution is -2.55. The van der Waals surface area contributed by atoms with E-state index in [9.17, 15) is 33.9 Å². The van der Waals surface area contributed by atoms with Gasteiger partial charge >= 0.3 is 12.1 Å². The van der Waals surface area contributed by atoms with Gasteiger partial charge in [0.25, 0.3) is 0 Å². The molecule has 0 saturated carbocycles. The van der Waals surface area contributed by atoms with Gasteiger partial charge in [0.1, 0.15) is 24.7 Å². The highest BCUT2D eigenvalue weighted by atomic mass is 16.5. The standard InChI is InChI=1S/C33H43N5O8/c1-18(2)15-26(32(43)44)37-30(41)25(13-14-27(34)39)36-28(40)16-35-31(42)29(19(3)4)38-33(45)46-17-24-22-11-7-5-9-20(22)21-10-6-8-12-23(21)24/h5-12,18-19,24-26,29H,13-17H2,1-4H3,(H2,34,39)(H,35,42)(H,36,40)(H,37,41)(H,38,45)(H,43,44)/t25-,26+,29-/m0/s1. The summed E-state index contributed by atoms with van der Waals surface area (Å²) in [5.41, 5.74) is 9.45. The molecule has 0 fully saturated rings. The molecule has 0 radical (unpaired) electrons. The number of benzene rings is 2. The summed E-state index contributed by atoms with van der Waals surface area (Å²) in [6.07, 6.45) is -1.06. The molecular formula is C33H43N5O8. The molecule has 0 aliphatic heterocycles. The summed E-state index contributed by atoms with van der Waals surface area (Å²) in [5, 5.41) is 19.3. The number of nitrogens with two attached hydrogens (primary N) is 1. The minimum atomic E-state index is -1.27. The van der Waals surface area contributed by atoms with Crippen LogP contribution in [0.1, 0.15) is 64.0 Å². The molecule has 0 unspecified atom stereocenters. The molecule has 46 heavy (non-hydrogen) atoms. The van der Waals surface area contributed by atoms with Crippen LogP contribution in [-0.2, 0) is 28.7 Å². The van der Waals surface area contributed by atoms with Gasteiger partial charge in [-0.1, -0.05) is 76.2 Å². The topological polar surface area (TPSA) is 206 Å². The number of carbonyl (C=O) groups excluding carboxylic acids is 5. The summed E-state index contributed by atoms with van der Waals surface area (Å²) in [5.74, 6) is -4.74. The van der Waals surface area contributed by atoms with Crippen LogP contribution in [0.2, 0.25) is 0 Å². The number of hydrogen-bond donors (Lipinski definition) is 6. The molecule has 1 aliphatic rings. The number of carboxylic acid groups (broad SMARTS) is 1. The van der Waals surface area contributed by atoms with Crippen molar-refractivity contribution < 1.29 is 38.6 Å². The Morgan fingerprint density at radius 1 is 0.826 bits per heavy atom. The van der Waals surface area contributed by atoms with E-state index in [1.165, 1.54) is 0 Å². The molecule has 0 bridgehead atoms. The van der Waals surface area contributed by atoms with Gasteiger partial charge in [0.15, 0.2) is 0 Å². The van der Waals surface area contributed by atoms with Crippen LogP contribution in [0, 0.1) is 11.8 Å². The maximum Gasteiger partial charge on any atom is 0.407 e. The molecule has 5 amide bonds.